The van der Waals surface area contributed by atoms with Crippen LogP contribution in [0.15, 0.2) is 54.6 Å². The second-order valence-corrected chi connectivity index (χ2v) is 6.13. The number of nitro groups is 1. The molecule has 1 fully saturated rings. The molecule has 2 heterocycles. The van der Waals surface area contributed by atoms with Crippen molar-refractivity contribution in [1.29, 1.82) is 0 Å². The number of nitro benzene ring substituents is 1. The van der Waals surface area contributed by atoms with Gasteiger partial charge in [-0.25, -0.2) is 9.50 Å². The van der Waals surface area contributed by atoms with Crippen LogP contribution in [0.1, 0.15) is 18.7 Å². The third kappa shape index (κ3) is 2.67. The van der Waals surface area contributed by atoms with Crippen molar-refractivity contribution in [2.45, 2.75) is 19.3 Å². The number of rotatable bonds is 5. The van der Waals surface area contributed by atoms with Crippen molar-refractivity contribution in [1.82, 2.24) is 14.6 Å². The maximum atomic E-state index is 11.0. The van der Waals surface area contributed by atoms with Gasteiger partial charge in [-0.15, -0.1) is 0 Å². The molecule has 4 rings (SSSR count). The van der Waals surface area contributed by atoms with Gasteiger partial charge >= 0.3 is 0 Å². The molecule has 2 aromatic heterocycles. The van der Waals surface area contributed by atoms with Crippen LogP contribution in [0.2, 0.25) is 0 Å². The Kier molecular flexibility index (Phi) is 3.37. The Morgan fingerprint density at radius 2 is 2.08 bits per heavy atom. The van der Waals surface area contributed by atoms with Gasteiger partial charge < -0.3 is 0 Å². The zero-order valence-electron chi connectivity index (χ0n) is 13.1. The van der Waals surface area contributed by atoms with Crippen LogP contribution in [0.3, 0.4) is 0 Å². The lowest BCUT2D eigenvalue weighted by atomic mass is 10.1. The van der Waals surface area contributed by atoms with E-state index < -0.39 is 4.92 Å². The van der Waals surface area contributed by atoms with Gasteiger partial charge in [0, 0.05) is 24.1 Å². The van der Waals surface area contributed by atoms with Crippen LogP contribution in [0.25, 0.3) is 16.9 Å². The van der Waals surface area contributed by atoms with Crippen LogP contribution >= 0.6 is 0 Å². The molecule has 1 aliphatic rings. The highest BCUT2D eigenvalue weighted by Gasteiger charge is 2.25. The monoisotopic (exact) mass is 320 g/mol. The molecule has 0 unspecified atom stereocenters. The van der Waals surface area contributed by atoms with Crippen LogP contribution < -0.4 is 0 Å². The van der Waals surface area contributed by atoms with E-state index in [0.29, 0.717) is 12.3 Å². The van der Waals surface area contributed by atoms with Crippen LogP contribution in [-0.2, 0) is 6.42 Å². The van der Waals surface area contributed by atoms with E-state index in [2.05, 4.69) is 16.7 Å². The molecule has 0 amide bonds. The highest BCUT2D eigenvalue weighted by atomic mass is 16.6. The minimum atomic E-state index is -0.393. The molecule has 0 bridgehead atoms. The van der Waals surface area contributed by atoms with Gasteiger partial charge in [0.25, 0.3) is 5.69 Å². The molecule has 0 saturated heterocycles. The van der Waals surface area contributed by atoms with Crippen LogP contribution in [0, 0.1) is 16.0 Å². The number of fused-ring (bicyclic) bond motifs is 1. The Hall–Kier alpha value is -3.02. The van der Waals surface area contributed by atoms with Crippen molar-refractivity contribution >= 4 is 11.3 Å². The van der Waals surface area contributed by atoms with Gasteiger partial charge in [0.15, 0.2) is 11.5 Å². The lowest BCUT2D eigenvalue weighted by Gasteiger charge is -2.04. The Balaban J connectivity index is 1.75. The Bertz CT molecular complexity index is 957. The summed E-state index contributed by atoms with van der Waals surface area (Å²) >= 11 is 0. The third-order valence-electron chi connectivity index (χ3n) is 4.30. The Morgan fingerprint density at radius 1 is 1.29 bits per heavy atom. The maximum Gasteiger partial charge on any atom is 0.270 e. The number of nitrogens with zero attached hydrogens (tertiary/aromatic N) is 4. The summed E-state index contributed by atoms with van der Waals surface area (Å²) in [5.41, 5.74) is 3.51. The SMILES string of the molecule is C=C(Cc1nc2cccc(-c3cccc([N+](=O)[O-])c3)n2n1)C1CC1. The highest BCUT2D eigenvalue weighted by molar-refractivity contribution is 5.65. The lowest BCUT2D eigenvalue weighted by molar-refractivity contribution is -0.384. The van der Waals surface area contributed by atoms with E-state index in [0.717, 1.165) is 22.7 Å². The van der Waals surface area contributed by atoms with Gasteiger partial charge in [-0.3, -0.25) is 10.1 Å². The molecule has 0 atom stereocenters. The van der Waals surface area contributed by atoms with Crippen molar-refractivity contribution < 1.29 is 4.92 Å². The standard InChI is InChI=1S/C18H16N4O2/c1-12(13-8-9-13)10-17-19-18-7-3-6-16(21(18)20-17)14-4-2-5-15(11-14)22(23)24/h2-7,11,13H,1,8-10H2. The molecule has 1 aromatic carbocycles. The zero-order valence-corrected chi connectivity index (χ0v) is 13.1. The Morgan fingerprint density at radius 3 is 2.83 bits per heavy atom. The first-order valence-corrected chi connectivity index (χ1v) is 7.89. The number of benzene rings is 1. The van der Waals surface area contributed by atoms with E-state index in [1.54, 1.807) is 16.6 Å². The predicted octanol–water partition coefficient (Wildman–Crippen LogP) is 3.81. The van der Waals surface area contributed by atoms with Crippen molar-refractivity contribution in [2.24, 2.45) is 5.92 Å². The first-order chi connectivity index (χ1) is 11.6. The molecule has 0 spiro atoms. The molecule has 120 valence electrons. The molecule has 1 aliphatic carbocycles. The van der Waals surface area contributed by atoms with Crippen molar-refractivity contribution in [3.05, 3.63) is 70.6 Å². The van der Waals surface area contributed by atoms with Gasteiger partial charge in [-0.1, -0.05) is 30.4 Å². The fourth-order valence-electron chi connectivity index (χ4n) is 2.86. The van der Waals surface area contributed by atoms with Crippen molar-refractivity contribution in [3.63, 3.8) is 0 Å². The number of hydrogen-bond acceptors (Lipinski definition) is 4. The molecule has 0 N–H and O–H groups in total. The number of pyridine rings is 1. The van der Waals surface area contributed by atoms with E-state index in [9.17, 15) is 10.1 Å². The minimum absolute atomic E-state index is 0.0620. The smallest absolute Gasteiger partial charge is 0.258 e. The molecule has 0 aliphatic heterocycles. The fraction of sp³-hybridized carbons (Fsp3) is 0.222. The molecule has 6 heteroatoms. The number of hydrogen-bond donors (Lipinski definition) is 0. The summed E-state index contributed by atoms with van der Waals surface area (Å²) in [6.45, 7) is 4.13. The average Bonchev–Trinajstić information content (AvgIpc) is 3.35. The largest absolute Gasteiger partial charge is 0.270 e. The maximum absolute atomic E-state index is 11.0. The van der Waals surface area contributed by atoms with E-state index in [1.165, 1.54) is 24.5 Å². The number of non-ortho nitro benzene ring substituents is 1. The van der Waals surface area contributed by atoms with Crippen LogP contribution in [0.4, 0.5) is 5.69 Å². The molecular formula is C18H16N4O2. The molecule has 0 radical (unpaired) electrons. The van der Waals surface area contributed by atoms with E-state index in [4.69, 9.17) is 0 Å². The second kappa shape index (κ2) is 5.56. The van der Waals surface area contributed by atoms with Gasteiger partial charge in [-0.2, -0.15) is 5.10 Å². The van der Waals surface area contributed by atoms with Gasteiger partial charge in [-0.05, 0) is 30.9 Å². The van der Waals surface area contributed by atoms with Crippen molar-refractivity contribution in [2.75, 3.05) is 0 Å². The summed E-state index contributed by atoms with van der Waals surface area (Å²) in [7, 11) is 0. The molecule has 24 heavy (non-hydrogen) atoms. The lowest BCUT2D eigenvalue weighted by Crippen LogP contribution is -1.97. The topological polar surface area (TPSA) is 73.3 Å². The average molecular weight is 320 g/mol. The summed E-state index contributed by atoms with van der Waals surface area (Å²) in [5.74, 6) is 1.36. The van der Waals surface area contributed by atoms with Gasteiger partial charge in [0.05, 0.1) is 10.6 Å². The Labute approximate surface area is 138 Å². The zero-order chi connectivity index (χ0) is 16.7. The fourth-order valence-corrected chi connectivity index (χ4v) is 2.86. The summed E-state index contributed by atoms with van der Waals surface area (Å²) in [5, 5.41) is 15.6. The van der Waals surface area contributed by atoms with E-state index >= 15 is 0 Å². The molecule has 3 aromatic rings. The van der Waals surface area contributed by atoms with E-state index in [1.807, 2.05) is 24.3 Å². The van der Waals surface area contributed by atoms with Crippen LogP contribution in [0.5, 0.6) is 0 Å². The first kappa shape index (κ1) is 14.6. The summed E-state index contributed by atoms with van der Waals surface area (Å²) in [4.78, 5) is 15.2. The third-order valence-corrected chi connectivity index (χ3v) is 4.30. The second-order valence-electron chi connectivity index (χ2n) is 6.13. The minimum Gasteiger partial charge on any atom is -0.258 e. The quantitative estimate of drug-likeness (QED) is 0.407. The number of allylic oxidation sites excluding steroid dienone is 1. The van der Waals surface area contributed by atoms with Crippen molar-refractivity contribution in [3.8, 4) is 11.3 Å². The van der Waals surface area contributed by atoms with Gasteiger partial charge in [0.1, 0.15) is 0 Å². The van der Waals surface area contributed by atoms with E-state index in [-0.39, 0.29) is 5.69 Å². The summed E-state index contributed by atoms with van der Waals surface area (Å²) in [6, 6.07) is 12.2. The summed E-state index contributed by atoms with van der Waals surface area (Å²) in [6.07, 6.45) is 3.11. The highest BCUT2D eigenvalue weighted by Crippen LogP contribution is 2.36. The predicted molar refractivity (Wildman–Crippen MR) is 90.6 cm³/mol. The molecule has 1 saturated carbocycles. The van der Waals surface area contributed by atoms with Crippen LogP contribution in [-0.4, -0.2) is 19.5 Å². The first-order valence-electron chi connectivity index (χ1n) is 7.89. The number of aromatic nitrogens is 3. The van der Waals surface area contributed by atoms with Gasteiger partial charge in [0.2, 0.25) is 0 Å². The normalized spacial score (nSPS) is 14.0. The molecular weight excluding hydrogens is 304 g/mol. The molecule has 6 nitrogen and oxygen atoms in total. The summed E-state index contributed by atoms with van der Waals surface area (Å²) < 4.78 is 1.74.